The average molecular weight is 1110 g/mol. The first-order valence-corrected chi connectivity index (χ1v) is 26.3. The lowest BCUT2D eigenvalue weighted by molar-refractivity contribution is -0.395. The van der Waals surface area contributed by atoms with Crippen LogP contribution in [-0.4, -0.2) is 103 Å². The van der Waals surface area contributed by atoms with Crippen LogP contribution in [0, 0.1) is 20.2 Å². The van der Waals surface area contributed by atoms with Gasteiger partial charge in [-0.15, -0.1) is 0 Å². The third-order valence-electron chi connectivity index (χ3n) is 13.6. The van der Waals surface area contributed by atoms with Crippen LogP contribution in [0.25, 0.3) is 0 Å². The topological polar surface area (TPSA) is 225 Å². The zero-order valence-electron chi connectivity index (χ0n) is 44.3. The summed E-state index contributed by atoms with van der Waals surface area (Å²) < 4.78 is 70.4. The Balaban J connectivity index is 1.05. The van der Waals surface area contributed by atoms with Crippen LogP contribution in [0.2, 0.25) is 0 Å². The smallest absolute Gasteiger partial charge is 0.342 e. The Hall–Kier alpha value is -7.79. The predicted molar refractivity (Wildman–Crippen MR) is 292 cm³/mol. The molecule has 2 fully saturated rings. The van der Waals surface area contributed by atoms with E-state index in [0.717, 1.165) is 39.4 Å². The van der Waals surface area contributed by atoms with Crippen molar-refractivity contribution in [3.05, 3.63) is 253 Å². The van der Waals surface area contributed by atoms with E-state index in [2.05, 4.69) is 0 Å². The second kappa shape index (κ2) is 29.1. The lowest BCUT2D eigenvalue weighted by atomic mass is 9.97. The molecule has 10 atom stereocenters. The van der Waals surface area contributed by atoms with Gasteiger partial charge < -0.3 is 57.2 Å². The molecule has 2 heterocycles. The minimum Gasteiger partial charge on any atom is -0.459 e. The van der Waals surface area contributed by atoms with Gasteiger partial charge in [-0.1, -0.05) is 182 Å². The van der Waals surface area contributed by atoms with Crippen molar-refractivity contribution >= 4 is 17.3 Å². The maximum atomic E-state index is 14.7. The lowest BCUT2D eigenvalue weighted by Gasteiger charge is -2.45. The molecule has 7 aromatic carbocycles. The predicted octanol–water partition coefficient (Wildman–Crippen LogP) is 9.64. The summed E-state index contributed by atoms with van der Waals surface area (Å²) >= 11 is 0. The van der Waals surface area contributed by atoms with Gasteiger partial charge in [0, 0.05) is 13.2 Å². The summed E-state index contributed by atoms with van der Waals surface area (Å²) in [6, 6.07) is 57.5. The number of hydrogen-bond acceptors (Lipinski definition) is 17. The molecule has 0 spiro atoms. The van der Waals surface area contributed by atoms with Gasteiger partial charge >= 0.3 is 11.7 Å². The van der Waals surface area contributed by atoms with Gasteiger partial charge in [0.15, 0.2) is 6.29 Å². The molecule has 0 amide bonds. The Morgan fingerprint density at radius 2 is 0.877 bits per heavy atom. The van der Waals surface area contributed by atoms with Crippen molar-refractivity contribution in [1.82, 2.24) is 0 Å². The third-order valence-corrected chi connectivity index (χ3v) is 13.6. The van der Waals surface area contributed by atoms with E-state index in [0.29, 0.717) is 6.07 Å². The minimum absolute atomic E-state index is 0.0402. The first-order valence-electron chi connectivity index (χ1n) is 26.3. The molecule has 1 N–H and O–H groups in total. The fourth-order valence-corrected chi connectivity index (χ4v) is 9.43. The lowest BCUT2D eigenvalue weighted by Crippen LogP contribution is -2.62. The molecular weight excluding hydrogens is 1040 g/mol. The highest BCUT2D eigenvalue weighted by atomic mass is 16.7. The van der Waals surface area contributed by atoms with Gasteiger partial charge in [0.25, 0.3) is 5.69 Å². The van der Waals surface area contributed by atoms with E-state index in [4.69, 9.17) is 52.1 Å². The second-order valence-electron chi connectivity index (χ2n) is 19.2. The Bertz CT molecular complexity index is 3060. The van der Waals surface area contributed by atoms with Gasteiger partial charge in [-0.05, 0) is 33.4 Å². The molecule has 0 radical (unpaired) electrons. The highest BCUT2D eigenvalue weighted by Gasteiger charge is 2.52. The van der Waals surface area contributed by atoms with Crippen LogP contribution in [0.3, 0.4) is 0 Å². The molecular formula is C62H62N2O17. The number of nitro benzene ring substituents is 2. The summed E-state index contributed by atoms with van der Waals surface area (Å²) in [4.78, 5) is 38.5. The van der Waals surface area contributed by atoms with E-state index in [1.807, 2.05) is 182 Å². The molecule has 7 aromatic rings. The number of esters is 1. The molecule has 19 heteroatoms. The summed E-state index contributed by atoms with van der Waals surface area (Å²) in [6.07, 6.45) is -12.2. The summed E-state index contributed by atoms with van der Waals surface area (Å²) in [5.74, 6) is -2.06. The molecule has 2 aliphatic heterocycles. The SMILES string of the molecule is CO[C@H]1O[C@H](COC(=O)c2cc([N+](=O)[O-])cc([N+](=O)[O-])c2O[C@@H]2O[C@H](COCc3ccccc3)[C@@H](OCc3ccccc3)[C@H](OCc3ccccc3)[C@H]2OCc2ccccc2)[C@@H](O)[C@H](OCc2ccccc2)[C@H]1OCc1ccccc1. The number of aliphatic hydroxyl groups is 1. The Morgan fingerprint density at radius 1 is 0.481 bits per heavy atom. The van der Waals surface area contributed by atoms with Gasteiger partial charge in [-0.3, -0.25) is 20.2 Å². The Labute approximate surface area is 468 Å². The van der Waals surface area contributed by atoms with Crippen molar-refractivity contribution in [2.24, 2.45) is 0 Å². The average Bonchev–Trinajstić information content (AvgIpc) is 3.65. The Kier molecular flexibility index (Phi) is 20.8. The molecule has 9 rings (SSSR count). The maximum absolute atomic E-state index is 14.7. The van der Waals surface area contributed by atoms with Crippen LogP contribution >= 0.6 is 0 Å². The largest absolute Gasteiger partial charge is 0.459 e. The molecule has 0 unspecified atom stereocenters. The zero-order valence-corrected chi connectivity index (χ0v) is 44.3. The second-order valence-corrected chi connectivity index (χ2v) is 19.2. The number of carbonyl (C=O) groups is 1. The number of nitrogens with zero attached hydrogens (tertiary/aromatic N) is 2. The number of non-ortho nitro benzene ring substituents is 1. The first kappa shape index (κ1) is 57.9. The molecule has 0 aliphatic carbocycles. The van der Waals surface area contributed by atoms with E-state index < -0.39 is 107 Å². The van der Waals surface area contributed by atoms with Gasteiger partial charge in [-0.2, -0.15) is 0 Å². The third kappa shape index (κ3) is 15.8. The molecule has 0 aromatic heterocycles. The maximum Gasteiger partial charge on any atom is 0.342 e. The number of carbonyl (C=O) groups excluding carboxylic acids is 1. The molecule has 2 aliphatic rings. The van der Waals surface area contributed by atoms with Crippen molar-refractivity contribution in [1.29, 1.82) is 0 Å². The fourth-order valence-electron chi connectivity index (χ4n) is 9.43. The van der Waals surface area contributed by atoms with E-state index in [1.54, 1.807) is 0 Å². The van der Waals surface area contributed by atoms with Crippen molar-refractivity contribution in [3.8, 4) is 5.75 Å². The van der Waals surface area contributed by atoms with Crippen molar-refractivity contribution < 1.29 is 71.9 Å². The Morgan fingerprint density at radius 3 is 1.31 bits per heavy atom. The normalized spacial score (nSPS) is 22.6. The minimum atomic E-state index is -1.66. The summed E-state index contributed by atoms with van der Waals surface area (Å²) in [5, 5.41) is 37.7. The van der Waals surface area contributed by atoms with Crippen LogP contribution in [-0.2, 0) is 87.0 Å². The molecule has 422 valence electrons. The number of benzene rings is 7. The van der Waals surface area contributed by atoms with Crippen LogP contribution in [0.5, 0.6) is 5.75 Å². The van der Waals surface area contributed by atoms with Crippen LogP contribution in [0.4, 0.5) is 11.4 Å². The number of methoxy groups -OCH3 is 1. The standard InChI is InChI=1S/C62H62N2O17/c1-71-61-58(76-38-46-28-16-6-17-29-46)56(74-36-44-24-12-4-13-25-44)53(65)51(79-61)41-78-60(66)49-32-48(63(67)68)33-50(64(69)70)54(49)81-62-59(77-39-47-30-18-7-19-31-47)57(75-37-45-26-14-5-15-27-45)55(73-35-43-22-10-3-11-23-43)52(80-62)40-72-34-42-20-8-2-9-21-42/h2-33,51-53,55-59,61-62,65H,34-41H2,1H3/t51-,52-,53-,55-,56+,57+,58-,59-,61+,62+/m1/s1. The molecule has 0 bridgehead atoms. The number of nitro groups is 2. The highest BCUT2D eigenvalue weighted by molar-refractivity contribution is 5.95. The van der Waals surface area contributed by atoms with Crippen LogP contribution in [0.1, 0.15) is 43.7 Å². The molecule has 2 saturated heterocycles. The van der Waals surface area contributed by atoms with Crippen LogP contribution < -0.4 is 4.74 Å². The van der Waals surface area contributed by atoms with Gasteiger partial charge in [0.05, 0.1) is 62.2 Å². The monoisotopic (exact) mass is 1110 g/mol. The quantitative estimate of drug-likeness (QED) is 0.0287. The van der Waals surface area contributed by atoms with Crippen molar-refractivity contribution in [2.75, 3.05) is 20.3 Å². The number of aliphatic hydroxyl groups excluding tert-OH is 1. The van der Waals surface area contributed by atoms with Crippen molar-refractivity contribution in [3.63, 3.8) is 0 Å². The van der Waals surface area contributed by atoms with Crippen molar-refractivity contribution in [2.45, 2.75) is 101 Å². The van der Waals surface area contributed by atoms with Gasteiger partial charge in [-0.25, -0.2) is 4.79 Å². The van der Waals surface area contributed by atoms with Gasteiger partial charge in [0.2, 0.25) is 12.0 Å². The van der Waals surface area contributed by atoms with E-state index in [1.165, 1.54) is 7.11 Å². The molecule has 19 nitrogen and oxygen atoms in total. The number of ether oxygens (including phenoxy) is 11. The van der Waals surface area contributed by atoms with E-state index >= 15 is 0 Å². The van der Waals surface area contributed by atoms with Gasteiger partial charge in [0.1, 0.15) is 61.0 Å². The summed E-state index contributed by atoms with van der Waals surface area (Å²) in [7, 11) is 1.38. The van der Waals surface area contributed by atoms with Crippen LogP contribution in [0.15, 0.2) is 194 Å². The summed E-state index contributed by atoms with van der Waals surface area (Å²) in [5.41, 5.74) is 2.34. The molecule has 0 saturated carbocycles. The highest BCUT2D eigenvalue weighted by Crippen LogP contribution is 2.40. The number of rotatable bonds is 27. The van der Waals surface area contributed by atoms with E-state index in [9.17, 15) is 30.1 Å². The number of hydrogen-bond donors (Lipinski definition) is 1. The fraction of sp³-hybridized carbons (Fsp3) is 0.306. The van der Waals surface area contributed by atoms with E-state index in [-0.39, 0.29) is 46.2 Å². The summed E-state index contributed by atoms with van der Waals surface area (Å²) in [6.45, 7) is -0.415. The molecule has 81 heavy (non-hydrogen) atoms. The zero-order chi connectivity index (χ0) is 56.3. The first-order chi connectivity index (χ1) is 39.6.